The number of nitrogens with zero attached hydrogens (tertiary/aromatic N) is 4. The smallest absolute Gasteiger partial charge is 0.243 e. The van der Waals surface area contributed by atoms with Crippen LogP contribution in [0.4, 0.5) is 17.8 Å². The summed E-state index contributed by atoms with van der Waals surface area (Å²) in [6.07, 6.45) is 3.58. The summed E-state index contributed by atoms with van der Waals surface area (Å²) in [5.74, 6) is 6.99. The molecule has 0 aromatic carbocycles. The Morgan fingerprint density at radius 2 is 1.95 bits per heavy atom. The number of hydrazine groups is 1. The van der Waals surface area contributed by atoms with E-state index in [1.807, 2.05) is 0 Å². The van der Waals surface area contributed by atoms with Crippen LogP contribution in [-0.4, -0.2) is 46.5 Å². The fraction of sp³-hybridized carbons (Fsp3) is 0.667. The molecule has 0 spiro atoms. The number of piperidine rings is 1. The normalized spacial score (nSPS) is 22.0. The van der Waals surface area contributed by atoms with E-state index in [9.17, 15) is 4.79 Å². The number of nitrogens with two attached hydrogens (primary N) is 1. The Morgan fingerprint density at radius 3 is 2.62 bits per heavy atom. The van der Waals surface area contributed by atoms with Crippen molar-refractivity contribution in [3.05, 3.63) is 0 Å². The van der Waals surface area contributed by atoms with Gasteiger partial charge < -0.3 is 15.5 Å². The maximum Gasteiger partial charge on any atom is 0.243 e. The first-order valence-corrected chi connectivity index (χ1v) is 7.25. The van der Waals surface area contributed by atoms with Crippen molar-refractivity contribution in [2.24, 2.45) is 5.84 Å². The van der Waals surface area contributed by atoms with Crippen molar-refractivity contribution in [1.82, 2.24) is 20.3 Å². The fourth-order valence-electron chi connectivity index (χ4n) is 2.59. The maximum absolute atomic E-state index is 11.2. The van der Waals surface area contributed by atoms with Crippen LogP contribution in [-0.2, 0) is 4.79 Å². The predicted octanol–water partition coefficient (Wildman–Crippen LogP) is -0.552. The number of amides is 1. The molecule has 114 valence electrons. The lowest BCUT2D eigenvalue weighted by Gasteiger charge is -2.24. The fourth-order valence-corrected chi connectivity index (χ4v) is 2.59. The number of nitrogens with one attached hydrogen (secondary N) is 3. The Labute approximate surface area is 122 Å². The van der Waals surface area contributed by atoms with E-state index in [1.54, 1.807) is 0 Å². The highest BCUT2D eigenvalue weighted by Crippen LogP contribution is 2.19. The third-order valence-corrected chi connectivity index (χ3v) is 3.74. The van der Waals surface area contributed by atoms with E-state index in [0.717, 1.165) is 32.4 Å². The van der Waals surface area contributed by atoms with Gasteiger partial charge in [-0.25, -0.2) is 5.84 Å². The standard InChI is InChI=1S/C12H20N8O/c13-19-11-16-10(15-8-3-4-9(21)14-7-8)17-12(18-11)20-5-1-2-6-20/h8H,1-7,13H2,(H,14,21)(H2,15,16,17,18,19). The summed E-state index contributed by atoms with van der Waals surface area (Å²) in [4.78, 5) is 26.3. The molecule has 2 saturated heterocycles. The molecule has 0 aliphatic carbocycles. The van der Waals surface area contributed by atoms with Crippen LogP contribution in [0.3, 0.4) is 0 Å². The lowest BCUT2D eigenvalue weighted by molar-refractivity contribution is -0.122. The van der Waals surface area contributed by atoms with Crippen LogP contribution in [0.1, 0.15) is 25.7 Å². The number of nitrogen functional groups attached to an aromatic ring is 1. The Morgan fingerprint density at radius 1 is 1.19 bits per heavy atom. The average molecular weight is 292 g/mol. The molecule has 1 atom stereocenters. The van der Waals surface area contributed by atoms with Crippen LogP contribution in [0.15, 0.2) is 0 Å². The van der Waals surface area contributed by atoms with Crippen molar-refractivity contribution in [1.29, 1.82) is 0 Å². The summed E-state index contributed by atoms with van der Waals surface area (Å²) in [5, 5.41) is 6.07. The molecule has 1 aromatic heterocycles. The van der Waals surface area contributed by atoms with E-state index in [-0.39, 0.29) is 11.9 Å². The van der Waals surface area contributed by atoms with E-state index in [4.69, 9.17) is 5.84 Å². The molecular formula is C12H20N8O. The topological polar surface area (TPSA) is 121 Å². The zero-order valence-corrected chi connectivity index (χ0v) is 11.8. The summed E-state index contributed by atoms with van der Waals surface area (Å²) in [7, 11) is 0. The minimum Gasteiger partial charge on any atom is -0.354 e. The van der Waals surface area contributed by atoms with Crippen LogP contribution in [0.2, 0.25) is 0 Å². The highest BCUT2D eigenvalue weighted by atomic mass is 16.1. The molecule has 1 amide bonds. The lowest BCUT2D eigenvalue weighted by Crippen LogP contribution is -2.42. The van der Waals surface area contributed by atoms with Gasteiger partial charge >= 0.3 is 0 Å². The number of hydrogen-bond donors (Lipinski definition) is 4. The third-order valence-electron chi connectivity index (χ3n) is 3.74. The second-order valence-corrected chi connectivity index (χ2v) is 5.31. The number of rotatable bonds is 4. The molecule has 1 unspecified atom stereocenters. The van der Waals surface area contributed by atoms with Gasteiger partial charge in [0.15, 0.2) is 0 Å². The molecule has 3 rings (SSSR count). The van der Waals surface area contributed by atoms with Gasteiger partial charge in [0.05, 0.1) is 0 Å². The van der Waals surface area contributed by atoms with Crippen molar-refractivity contribution in [2.75, 3.05) is 35.3 Å². The van der Waals surface area contributed by atoms with Crippen LogP contribution in [0, 0.1) is 0 Å². The molecule has 1 aromatic rings. The minimum absolute atomic E-state index is 0.0887. The Bertz CT molecular complexity index is 506. The summed E-state index contributed by atoms with van der Waals surface area (Å²) in [6.45, 7) is 2.48. The van der Waals surface area contributed by atoms with E-state index >= 15 is 0 Å². The lowest BCUT2D eigenvalue weighted by atomic mass is 10.1. The largest absolute Gasteiger partial charge is 0.354 e. The van der Waals surface area contributed by atoms with E-state index in [0.29, 0.717) is 30.8 Å². The first kappa shape index (κ1) is 13.8. The maximum atomic E-state index is 11.2. The van der Waals surface area contributed by atoms with E-state index < -0.39 is 0 Å². The molecular weight excluding hydrogens is 272 g/mol. The van der Waals surface area contributed by atoms with Crippen molar-refractivity contribution >= 4 is 23.8 Å². The molecule has 9 nitrogen and oxygen atoms in total. The number of carbonyl (C=O) groups excluding carboxylic acids is 1. The van der Waals surface area contributed by atoms with Crippen molar-refractivity contribution in [3.8, 4) is 0 Å². The number of aromatic nitrogens is 3. The zero-order valence-electron chi connectivity index (χ0n) is 11.8. The summed E-state index contributed by atoms with van der Waals surface area (Å²) >= 11 is 0. The van der Waals surface area contributed by atoms with Gasteiger partial charge in [0.2, 0.25) is 23.8 Å². The zero-order chi connectivity index (χ0) is 14.7. The number of anilines is 3. The molecule has 5 N–H and O–H groups in total. The SMILES string of the molecule is NNc1nc(NC2CCC(=O)NC2)nc(N2CCCC2)n1. The second-order valence-electron chi connectivity index (χ2n) is 5.31. The van der Waals surface area contributed by atoms with Crippen molar-refractivity contribution in [2.45, 2.75) is 31.7 Å². The average Bonchev–Trinajstić information content (AvgIpc) is 3.04. The van der Waals surface area contributed by atoms with E-state index in [2.05, 4.69) is 35.9 Å². The van der Waals surface area contributed by atoms with Crippen molar-refractivity contribution in [3.63, 3.8) is 0 Å². The predicted molar refractivity (Wildman–Crippen MR) is 78.7 cm³/mol. The highest BCUT2D eigenvalue weighted by molar-refractivity contribution is 5.76. The van der Waals surface area contributed by atoms with Crippen LogP contribution < -0.4 is 26.8 Å². The molecule has 2 aliphatic rings. The van der Waals surface area contributed by atoms with Gasteiger partial charge in [-0.05, 0) is 19.3 Å². The molecule has 3 heterocycles. The van der Waals surface area contributed by atoms with Crippen LogP contribution in [0.25, 0.3) is 0 Å². The molecule has 2 fully saturated rings. The number of carbonyl (C=O) groups is 1. The Balaban J connectivity index is 1.74. The van der Waals surface area contributed by atoms with E-state index in [1.165, 1.54) is 0 Å². The first-order valence-electron chi connectivity index (χ1n) is 7.25. The van der Waals surface area contributed by atoms with Crippen LogP contribution >= 0.6 is 0 Å². The van der Waals surface area contributed by atoms with Gasteiger partial charge in [-0.2, -0.15) is 15.0 Å². The molecule has 0 radical (unpaired) electrons. The van der Waals surface area contributed by atoms with Gasteiger partial charge in [0, 0.05) is 32.1 Å². The summed E-state index contributed by atoms with van der Waals surface area (Å²) in [6, 6.07) is 0.127. The van der Waals surface area contributed by atoms with Gasteiger partial charge in [-0.15, -0.1) is 0 Å². The monoisotopic (exact) mass is 292 g/mol. The molecule has 21 heavy (non-hydrogen) atoms. The van der Waals surface area contributed by atoms with Gasteiger partial charge in [-0.3, -0.25) is 10.2 Å². The second kappa shape index (κ2) is 6.08. The Hall–Kier alpha value is -2.16. The molecule has 0 bridgehead atoms. The highest BCUT2D eigenvalue weighted by Gasteiger charge is 2.21. The minimum atomic E-state index is 0.0887. The van der Waals surface area contributed by atoms with Crippen molar-refractivity contribution < 1.29 is 4.79 Å². The summed E-state index contributed by atoms with van der Waals surface area (Å²) in [5.41, 5.74) is 2.48. The van der Waals surface area contributed by atoms with Gasteiger partial charge in [0.1, 0.15) is 0 Å². The molecule has 2 aliphatic heterocycles. The van der Waals surface area contributed by atoms with Gasteiger partial charge in [0.25, 0.3) is 0 Å². The molecule has 0 saturated carbocycles. The quantitative estimate of drug-likeness (QED) is 0.431. The Kier molecular flexibility index (Phi) is 4.00. The third kappa shape index (κ3) is 3.30. The summed E-state index contributed by atoms with van der Waals surface area (Å²) < 4.78 is 0. The van der Waals surface area contributed by atoms with Gasteiger partial charge in [-0.1, -0.05) is 0 Å². The first-order chi connectivity index (χ1) is 10.2. The van der Waals surface area contributed by atoms with Crippen LogP contribution in [0.5, 0.6) is 0 Å². The number of hydrogen-bond acceptors (Lipinski definition) is 8. The molecule has 9 heteroatoms.